The number of nitro groups is 1. The molecule has 0 bridgehead atoms. The van der Waals surface area contributed by atoms with Crippen LogP contribution in [0.25, 0.3) is 11.7 Å². The van der Waals surface area contributed by atoms with Gasteiger partial charge in [-0.1, -0.05) is 6.07 Å². The second-order valence-electron chi connectivity index (χ2n) is 5.29. The molecule has 3 heterocycles. The lowest BCUT2D eigenvalue weighted by Gasteiger charge is -2.31. The molecule has 1 saturated heterocycles. The lowest BCUT2D eigenvalue weighted by molar-refractivity contribution is -0.390. The Morgan fingerprint density at radius 1 is 1.38 bits per heavy atom. The Morgan fingerprint density at radius 2 is 2.10 bits per heavy atom. The number of hydrogen-bond donors (Lipinski definition) is 0. The Labute approximate surface area is 121 Å². The van der Waals surface area contributed by atoms with E-state index in [1.165, 1.54) is 4.40 Å². The molecule has 2 aromatic rings. The van der Waals surface area contributed by atoms with E-state index in [-0.39, 0.29) is 5.82 Å². The number of nitrogens with zero attached hydrogens (tertiary/aromatic N) is 3. The first-order chi connectivity index (χ1) is 9.96. The number of pyridine rings is 1. The van der Waals surface area contributed by atoms with Crippen LogP contribution in [0.5, 0.6) is 0 Å². The van der Waals surface area contributed by atoms with Crippen molar-refractivity contribution in [3.8, 4) is 0 Å². The highest BCUT2D eigenvalue weighted by Crippen LogP contribution is 2.26. The maximum absolute atomic E-state index is 11.3. The van der Waals surface area contributed by atoms with Crippen LogP contribution in [0.15, 0.2) is 30.0 Å². The molecule has 0 atom stereocenters. The van der Waals surface area contributed by atoms with Gasteiger partial charge in [-0.25, -0.2) is 4.98 Å². The van der Waals surface area contributed by atoms with E-state index in [1.807, 2.05) is 13.8 Å². The fourth-order valence-corrected chi connectivity index (χ4v) is 2.17. The first kappa shape index (κ1) is 13.7. The Balaban J connectivity index is 2.01. The summed E-state index contributed by atoms with van der Waals surface area (Å²) in [5, 5.41) is 11.3. The maximum atomic E-state index is 11.3. The van der Waals surface area contributed by atoms with Crippen LogP contribution in [-0.4, -0.2) is 33.3 Å². The first-order valence-corrected chi connectivity index (χ1v) is 6.55. The summed E-state index contributed by atoms with van der Waals surface area (Å²) in [5.41, 5.74) is 1.67. The molecule has 0 amide bonds. The molecular formula is C14H15N3O4. The van der Waals surface area contributed by atoms with E-state index in [0.29, 0.717) is 24.6 Å². The second kappa shape index (κ2) is 4.94. The highest BCUT2D eigenvalue weighted by molar-refractivity contribution is 5.63. The van der Waals surface area contributed by atoms with E-state index in [2.05, 4.69) is 4.98 Å². The number of hydrogen-bond acceptors (Lipinski definition) is 5. The Bertz CT molecular complexity index is 721. The molecule has 2 aromatic heterocycles. The number of rotatable bonds is 2. The van der Waals surface area contributed by atoms with Gasteiger partial charge in [-0.3, -0.25) is 0 Å². The van der Waals surface area contributed by atoms with Crippen LogP contribution < -0.4 is 0 Å². The number of aromatic nitrogens is 2. The minimum absolute atomic E-state index is 0.0528. The summed E-state index contributed by atoms with van der Waals surface area (Å²) in [4.78, 5) is 15.2. The third-order valence-electron chi connectivity index (χ3n) is 3.25. The molecule has 0 saturated carbocycles. The molecular weight excluding hydrogens is 274 g/mol. The smallest absolute Gasteiger partial charge is 0.355 e. The summed E-state index contributed by atoms with van der Waals surface area (Å²) in [6.07, 6.45) is 3.29. The fraction of sp³-hybridized carbons (Fsp3) is 0.357. The van der Waals surface area contributed by atoms with Crippen LogP contribution in [0.2, 0.25) is 0 Å². The molecule has 1 fully saturated rings. The van der Waals surface area contributed by atoms with Crippen molar-refractivity contribution >= 4 is 17.5 Å². The van der Waals surface area contributed by atoms with Gasteiger partial charge in [0.05, 0.1) is 19.4 Å². The van der Waals surface area contributed by atoms with Gasteiger partial charge in [-0.2, -0.15) is 4.40 Å². The van der Waals surface area contributed by atoms with Gasteiger partial charge in [0.15, 0.2) is 11.5 Å². The SMILES string of the molecule is CC1(C)OCC(=Cc2nc3ccccn3c2[N+](=O)[O-])CO1. The molecule has 21 heavy (non-hydrogen) atoms. The van der Waals surface area contributed by atoms with Gasteiger partial charge in [0.25, 0.3) is 0 Å². The highest BCUT2D eigenvalue weighted by atomic mass is 16.7. The van der Waals surface area contributed by atoms with Crippen molar-refractivity contribution < 1.29 is 14.4 Å². The van der Waals surface area contributed by atoms with E-state index < -0.39 is 10.7 Å². The highest BCUT2D eigenvalue weighted by Gasteiger charge is 2.26. The van der Waals surface area contributed by atoms with Gasteiger partial charge in [0, 0.05) is 6.07 Å². The molecule has 7 nitrogen and oxygen atoms in total. The maximum Gasteiger partial charge on any atom is 0.355 e. The van der Waals surface area contributed by atoms with Gasteiger partial charge >= 0.3 is 5.82 Å². The Morgan fingerprint density at radius 3 is 2.76 bits per heavy atom. The van der Waals surface area contributed by atoms with Crippen molar-refractivity contribution in [1.82, 2.24) is 9.38 Å². The summed E-state index contributed by atoms with van der Waals surface area (Å²) < 4.78 is 12.5. The minimum atomic E-state index is -0.623. The first-order valence-electron chi connectivity index (χ1n) is 6.55. The second-order valence-corrected chi connectivity index (χ2v) is 5.29. The molecule has 7 heteroatoms. The zero-order chi connectivity index (χ0) is 15.0. The van der Waals surface area contributed by atoms with Gasteiger partial charge in [0.2, 0.25) is 5.65 Å². The van der Waals surface area contributed by atoms with Gasteiger partial charge in [-0.05, 0) is 36.5 Å². The lowest BCUT2D eigenvalue weighted by atomic mass is 10.2. The van der Waals surface area contributed by atoms with Crippen molar-refractivity contribution in [3.05, 3.63) is 45.8 Å². The number of ether oxygens (including phenoxy) is 2. The van der Waals surface area contributed by atoms with E-state index >= 15 is 0 Å². The molecule has 1 aliphatic rings. The summed E-state index contributed by atoms with van der Waals surface area (Å²) in [6, 6.07) is 5.25. The molecule has 0 aliphatic carbocycles. The molecule has 0 aromatic carbocycles. The van der Waals surface area contributed by atoms with Gasteiger partial charge < -0.3 is 19.6 Å². The topological polar surface area (TPSA) is 78.9 Å². The van der Waals surface area contributed by atoms with E-state index in [9.17, 15) is 10.1 Å². The predicted octanol–water partition coefficient (Wildman–Crippen LogP) is 2.41. The molecule has 0 spiro atoms. The predicted molar refractivity (Wildman–Crippen MR) is 75.8 cm³/mol. The molecule has 110 valence electrons. The van der Waals surface area contributed by atoms with E-state index in [1.54, 1.807) is 30.5 Å². The monoisotopic (exact) mass is 289 g/mol. The van der Waals surface area contributed by atoms with Gasteiger partial charge in [-0.15, -0.1) is 0 Å². The number of imidazole rings is 1. The molecule has 0 N–H and O–H groups in total. The summed E-state index contributed by atoms with van der Waals surface area (Å²) in [6.45, 7) is 4.41. The Hall–Kier alpha value is -2.25. The van der Waals surface area contributed by atoms with Crippen molar-refractivity contribution in [2.75, 3.05) is 13.2 Å². The molecule has 3 rings (SSSR count). The van der Waals surface area contributed by atoms with Crippen molar-refractivity contribution in [2.45, 2.75) is 19.6 Å². The number of fused-ring (bicyclic) bond motifs is 1. The third-order valence-corrected chi connectivity index (χ3v) is 3.25. The van der Waals surface area contributed by atoms with Crippen LogP contribution >= 0.6 is 0 Å². The van der Waals surface area contributed by atoms with Crippen molar-refractivity contribution in [1.29, 1.82) is 0 Å². The normalized spacial score (nSPS) is 17.9. The van der Waals surface area contributed by atoms with Crippen LogP contribution in [0, 0.1) is 10.1 Å². The molecule has 1 aliphatic heterocycles. The van der Waals surface area contributed by atoms with Gasteiger partial charge in [0.1, 0.15) is 0 Å². The van der Waals surface area contributed by atoms with Crippen LogP contribution in [0.1, 0.15) is 19.5 Å². The van der Waals surface area contributed by atoms with E-state index in [0.717, 1.165) is 5.57 Å². The molecule has 0 radical (unpaired) electrons. The van der Waals surface area contributed by atoms with Crippen LogP contribution in [0.4, 0.5) is 5.82 Å². The van der Waals surface area contributed by atoms with Crippen molar-refractivity contribution in [3.63, 3.8) is 0 Å². The molecule has 0 unspecified atom stereocenters. The largest absolute Gasteiger partial charge is 0.358 e. The average molecular weight is 289 g/mol. The van der Waals surface area contributed by atoms with Crippen LogP contribution in [0.3, 0.4) is 0 Å². The fourth-order valence-electron chi connectivity index (χ4n) is 2.17. The summed E-state index contributed by atoms with van der Waals surface area (Å²) >= 11 is 0. The van der Waals surface area contributed by atoms with E-state index in [4.69, 9.17) is 9.47 Å². The average Bonchev–Trinajstić information content (AvgIpc) is 2.79. The standard InChI is InChI=1S/C14H15N3O4/c1-14(2)20-8-10(9-21-14)7-11-13(17(18)19)16-6-4-3-5-12(16)15-11/h3-7H,8-9H2,1-2H3. The zero-order valence-electron chi connectivity index (χ0n) is 11.8. The quantitative estimate of drug-likeness (QED) is 0.626. The van der Waals surface area contributed by atoms with Crippen molar-refractivity contribution in [2.24, 2.45) is 0 Å². The minimum Gasteiger partial charge on any atom is -0.358 e. The zero-order valence-corrected chi connectivity index (χ0v) is 11.8. The lowest BCUT2D eigenvalue weighted by Crippen LogP contribution is -2.35. The van der Waals surface area contributed by atoms with Crippen LogP contribution in [-0.2, 0) is 9.47 Å². The summed E-state index contributed by atoms with van der Waals surface area (Å²) in [7, 11) is 0. The third kappa shape index (κ3) is 2.65. The summed E-state index contributed by atoms with van der Waals surface area (Å²) in [5.74, 6) is -0.676. The Kier molecular flexibility index (Phi) is 3.23.